The number of nitrogens with two attached hydrogens (primary N) is 1. The molecule has 3 heteroatoms. The van der Waals surface area contributed by atoms with Crippen molar-refractivity contribution < 1.29 is 0 Å². The van der Waals surface area contributed by atoms with E-state index in [1.807, 2.05) is 0 Å². The lowest BCUT2D eigenvalue weighted by atomic mass is 9.89. The molecule has 0 spiro atoms. The predicted octanol–water partition coefficient (Wildman–Crippen LogP) is 4.33. The van der Waals surface area contributed by atoms with Gasteiger partial charge in [0.15, 0.2) is 0 Å². The maximum absolute atomic E-state index is 6.36. The van der Waals surface area contributed by atoms with Crippen molar-refractivity contribution in [3.8, 4) is 11.3 Å². The van der Waals surface area contributed by atoms with Crippen LogP contribution in [-0.2, 0) is 7.05 Å². The van der Waals surface area contributed by atoms with Crippen LogP contribution in [-0.4, -0.2) is 9.55 Å². The van der Waals surface area contributed by atoms with E-state index >= 15 is 0 Å². The average molecular weight is 283 g/mol. The van der Waals surface area contributed by atoms with E-state index in [1.54, 1.807) is 0 Å². The zero-order chi connectivity index (χ0) is 15.0. The first-order chi connectivity index (χ1) is 10.1. The number of aromatic nitrogens is 2. The first-order valence-electron chi connectivity index (χ1n) is 7.98. The summed E-state index contributed by atoms with van der Waals surface area (Å²) in [5, 5.41) is 0. The molecule has 0 unspecified atom stereocenters. The zero-order valence-corrected chi connectivity index (χ0v) is 13.3. The SMILES string of the molecule is Cc1cccc(-c2nc(C3CCCCC3)n(C)c2N)c1C. The van der Waals surface area contributed by atoms with Gasteiger partial charge < -0.3 is 10.3 Å². The summed E-state index contributed by atoms with van der Waals surface area (Å²) in [6, 6.07) is 6.36. The van der Waals surface area contributed by atoms with Gasteiger partial charge in [-0.1, -0.05) is 37.5 Å². The van der Waals surface area contributed by atoms with E-state index in [0.29, 0.717) is 5.92 Å². The van der Waals surface area contributed by atoms with Crippen LogP contribution >= 0.6 is 0 Å². The maximum Gasteiger partial charge on any atom is 0.131 e. The van der Waals surface area contributed by atoms with Gasteiger partial charge in [0.05, 0.1) is 0 Å². The molecule has 1 fully saturated rings. The lowest BCUT2D eigenvalue weighted by Crippen LogP contribution is -2.11. The Morgan fingerprint density at radius 3 is 2.57 bits per heavy atom. The fourth-order valence-electron chi connectivity index (χ4n) is 3.46. The summed E-state index contributed by atoms with van der Waals surface area (Å²) < 4.78 is 2.10. The Kier molecular flexibility index (Phi) is 3.75. The number of anilines is 1. The highest BCUT2D eigenvalue weighted by Crippen LogP contribution is 2.36. The Hall–Kier alpha value is -1.77. The molecule has 1 aromatic carbocycles. The molecule has 112 valence electrons. The smallest absolute Gasteiger partial charge is 0.131 e. The van der Waals surface area contributed by atoms with Gasteiger partial charge in [-0.05, 0) is 37.8 Å². The number of imidazole rings is 1. The molecule has 0 bridgehead atoms. The lowest BCUT2D eigenvalue weighted by Gasteiger charge is -2.21. The Morgan fingerprint density at radius 1 is 1.14 bits per heavy atom. The average Bonchev–Trinajstić information content (AvgIpc) is 2.79. The van der Waals surface area contributed by atoms with Crippen molar-refractivity contribution in [1.82, 2.24) is 9.55 Å². The summed E-state index contributed by atoms with van der Waals surface area (Å²) in [5.41, 5.74) is 11.1. The van der Waals surface area contributed by atoms with Gasteiger partial charge in [0, 0.05) is 18.5 Å². The lowest BCUT2D eigenvalue weighted by molar-refractivity contribution is 0.422. The van der Waals surface area contributed by atoms with Crippen molar-refractivity contribution in [2.45, 2.75) is 51.9 Å². The molecule has 1 saturated carbocycles. The second-order valence-electron chi connectivity index (χ2n) is 6.35. The molecule has 2 aromatic rings. The van der Waals surface area contributed by atoms with Gasteiger partial charge in [-0.25, -0.2) is 4.98 Å². The van der Waals surface area contributed by atoms with Gasteiger partial charge in [0.25, 0.3) is 0 Å². The highest BCUT2D eigenvalue weighted by atomic mass is 15.1. The van der Waals surface area contributed by atoms with Crippen molar-refractivity contribution in [3.05, 3.63) is 35.2 Å². The monoisotopic (exact) mass is 283 g/mol. The van der Waals surface area contributed by atoms with Crippen LogP contribution in [0.15, 0.2) is 18.2 Å². The Balaban J connectivity index is 2.06. The van der Waals surface area contributed by atoms with Crippen molar-refractivity contribution in [2.75, 3.05) is 5.73 Å². The van der Waals surface area contributed by atoms with Gasteiger partial charge in [-0.3, -0.25) is 0 Å². The van der Waals surface area contributed by atoms with Crippen LogP contribution in [0.1, 0.15) is 55.0 Å². The van der Waals surface area contributed by atoms with Crippen LogP contribution in [0.2, 0.25) is 0 Å². The minimum atomic E-state index is 0.574. The highest BCUT2D eigenvalue weighted by Gasteiger charge is 2.23. The molecule has 0 atom stereocenters. The van der Waals surface area contributed by atoms with Gasteiger partial charge in [-0.15, -0.1) is 0 Å². The van der Waals surface area contributed by atoms with E-state index in [2.05, 4.69) is 43.7 Å². The molecule has 0 aliphatic heterocycles. The molecule has 2 N–H and O–H groups in total. The van der Waals surface area contributed by atoms with Gasteiger partial charge in [-0.2, -0.15) is 0 Å². The highest BCUT2D eigenvalue weighted by molar-refractivity contribution is 5.74. The third kappa shape index (κ3) is 2.45. The Bertz CT molecular complexity index is 649. The molecule has 0 saturated heterocycles. The van der Waals surface area contributed by atoms with Crippen LogP contribution in [0.5, 0.6) is 0 Å². The van der Waals surface area contributed by atoms with Crippen molar-refractivity contribution in [1.29, 1.82) is 0 Å². The topological polar surface area (TPSA) is 43.8 Å². The van der Waals surface area contributed by atoms with Gasteiger partial charge in [0.2, 0.25) is 0 Å². The molecule has 1 aromatic heterocycles. The van der Waals surface area contributed by atoms with Crippen LogP contribution < -0.4 is 5.73 Å². The summed E-state index contributed by atoms with van der Waals surface area (Å²) in [7, 11) is 2.06. The van der Waals surface area contributed by atoms with Gasteiger partial charge in [0.1, 0.15) is 17.3 Å². The van der Waals surface area contributed by atoms with Crippen LogP contribution in [0.4, 0.5) is 5.82 Å². The van der Waals surface area contributed by atoms with Crippen LogP contribution in [0, 0.1) is 13.8 Å². The van der Waals surface area contributed by atoms with E-state index in [9.17, 15) is 0 Å². The van der Waals surface area contributed by atoms with E-state index < -0.39 is 0 Å². The maximum atomic E-state index is 6.36. The molecule has 0 radical (unpaired) electrons. The third-order valence-corrected chi connectivity index (χ3v) is 5.00. The van der Waals surface area contributed by atoms with E-state index in [-0.39, 0.29) is 0 Å². The molecule has 1 heterocycles. The predicted molar refractivity (Wildman–Crippen MR) is 88.4 cm³/mol. The Labute approximate surface area is 127 Å². The molecular formula is C18H25N3. The summed E-state index contributed by atoms with van der Waals surface area (Å²) in [4.78, 5) is 4.94. The third-order valence-electron chi connectivity index (χ3n) is 5.00. The number of aryl methyl sites for hydroxylation is 1. The molecule has 0 amide bonds. The normalized spacial score (nSPS) is 16.3. The second-order valence-corrected chi connectivity index (χ2v) is 6.35. The molecule has 3 nitrogen and oxygen atoms in total. The fraction of sp³-hybridized carbons (Fsp3) is 0.500. The van der Waals surface area contributed by atoms with Gasteiger partial charge >= 0.3 is 0 Å². The number of hydrogen-bond donors (Lipinski definition) is 1. The number of benzene rings is 1. The summed E-state index contributed by atoms with van der Waals surface area (Å²) in [5.74, 6) is 2.54. The van der Waals surface area contributed by atoms with Crippen molar-refractivity contribution >= 4 is 5.82 Å². The summed E-state index contributed by atoms with van der Waals surface area (Å²) in [6.45, 7) is 4.29. The first kappa shape index (κ1) is 14.2. The quantitative estimate of drug-likeness (QED) is 0.891. The molecule has 3 rings (SSSR count). The van der Waals surface area contributed by atoms with Crippen molar-refractivity contribution in [3.63, 3.8) is 0 Å². The molecule has 1 aliphatic rings. The zero-order valence-electron chi connectivity index (χ0n) is 13.3. The van der Waals surface area contributed by atoms with Crippen molar-refractivity contribution in [2.24, 2.45) is 7.05 Å². The number of nitrogen functional groups attached to an aromatic ring is 1. The van der Waals surface area contributed by atoms with E-state index in [0.717, 1.165) is 11.5 Å². The number of rotatable bonds is 2. The molecule has 21 heavy (non-hydrogen) atoms. The van der Waals surface area contributed by atoms with Crippen LogP contribution in [0.3, 0.4) is 0 Å². The van der Waals surface area contributed by atoms with E-state index in [1.165, 1.54) is 54.6 Å². The summed E-state index contributed by atoms with van der Waals surface area (Å²) in [6.07, 6.45) is 6.49. The standard InChI is InChI=1S/C18H25N3/c1-12-8-7-11-15(13(12)2)16-17(19)21(3)18(20-16)14-9-5-4-6-10-14/h7-8,11,14H,4-6,9-10,19H2,1-3H3. The minimum Gasteiger partial charge on any atom is -0.383 e. The number of nitrogens with zero attached hydrogens (tertiary/aromatic N) is 2. The summed E-state index contributed by atoms with van der Waals surface area (Å²) >= 11 is 0. The molecule has 1 aliphatic carbocycles. The minimum absolute atomic E-state index is 0.574. The van der Waals surface area contributed by atoms with E-state index in [4.69, 9.17) is 10.7 Å². The first-order valence-corrected chi connectivity index (χ1v) is 7.98. The van der Waals surface area contributed by atoms with Crippen LogP contribution in [0.25, 0.3) is 11.3 Å². The second kappa shape index (κ2) is 5.55. The Morgan fingerprint density at radius 2 is 1.86 bits per heavy atom. The fourth-order valence-corrected chi connectivity index (χ4v) is 3.46. The number of hydrogen-bond acceptors (Lipinski definition) is 2. The largest absolute Gasteiger partial charge is 0.383 e. The molecular weight excluding hydrogens is 258 g/mol.